The molecule has 0 aliphatic carbocycles. The fourth-order valence-corrected chi connectivity index (χ4v) is 32.8. The van der Waals surface area contributed by atoms with Crippen molar-refractivity contribution in [1.29, 1.82) is 0 Å². The molecule has 0 aliphatic rings. The first-order valence-corrected chi connectivity index (χ1v) is 32.7. The van der Waals surface area contributed by atoms with Crippen LogP contribution in [0.25, 0.3) is 55.0 Å². The van der Waals surface area contributed by atoms with Gasteiger partial charge in [-0.1, -0.05) is 0 Å². The number of fused-ring (bicyclic) bond motifs is 7. The first kappa shape index (κ1) is 42.2. The molecule has 13 rings (SSSR count). The van der Waals surface area contributed by atoms with E-state index in [0.717, 1.165) is 5.69 Å². The van der Waals surface area contributed by atoms with Gasteiger partial charge in [-0.05, 0) is 0 Å². The van der Waals surface area contributed by atoms with Gasteiger partial charge in [0.05, 0.1) is 0 Å². The third kappa shape index (κ3) is 6.55. The number of benzene rings is 11. The second-order valence-corrected chi connectivity index (χ2v) is 34.3. The summed E-state index contributed by atoms with van der Waals surface area (Å²) in [6.07, 6.45) is 0. The average molecular weight is 1010 g/mol. The van der Waals surface area contributed by atoms with Crippen LogP contribution in [-0.4, -0.2) is 35.7 Å². The standard InChI is InChI=1S/C66H48Ge2N2/c1-8-26-49(27-9-1)67(50-28-10-2-11-29-50,51-30-12-3-13-31-51)55-46-56(68(52-32-14-4-15-33-52,53-34-16-5-17-35-53)54-36-18-6-19-37-54)48-58(47-55)70-62-42-24-22-40-59(62)60-44-45-64-65(66(60)70)61-41-23-25-43-63(61)69(64)57-38-20-7-21-39-57/h1-48H. The van der Waals surface area contributed by atoms with E-state index in [9.17, 15) is 0 Å². The zero-order chi connectivity index (χ0) is 46.5. The summed E-state index contributed by atoms with van der Waals surface area (Å²) in [5, 5.41) is 4.98. The van der Waals surface area contributed by atoms with Crippen molar-refractivity contribution >= 4 is 105 Å². The Bertz CT molecular complexity index is 3630. The zero-order valence-electron chi connectivity index (χ0n) is 38.6. The summed E-state index contributed by atoms with van der Waals surface area (Å²) in [5.41, 5.74) is 7.13. The normalized spacial score (nSPS) is 12.0. The van der Waals surface area contributed by atoms with Crippen LogP contribution in [-0.2, 0) is 0 Å². The third-order valence-corrected chi connectivity index (χ3v) is 34.7. The van der Waals surface area contributed by atoms with Crippen molar-refractivity contribution in [3.63, 3.8) is 0 Å². The quantitative estimate of drug-likeness (QED) is 0.121. The van der Waals surface area contributed by atoms with Crippen molar-refractivity contribution in [2.45, 2.75) is 0 Å². The molecule has 0 radical (unpaired) electrons. The monoisotopic (exact) mass is 1020 g/mol. The van der Waals surface area contributed by atoms with Gasteiger partial charge >= 0.3 is 417 Å². The fraction of sp³-hybridized carbons (Fsp3) is 0. The molecule has 0 saturated carbocycles. The predicted octanol–water partition coefficient (Wildman–Crippen LogP) is 10.6. The van der Waals surface area contributed by atoms with Gasteiger partial charge < -0.3 is 0 Å². The minimum absolute atomic E-state index is 1.15. The topological polar surface area (TPSA) is 9.86 Å². The molecule has 0 bridgehead atoms. The molecular formula is C66H48Ge2N2. The van der Waals surface area contributed by atoms with Crippen molar-refractivity contribution in [2.75, 3.05) is 0 Å². The number of aromatic nitrogens is 2. The van der Waals surface area contributed by atoms with E-state index in [4.69, 9.17) is 0 Å². The maximum absolute atomic E-state index is 3.96. The summed E-state index contributed by atoms with van der Waals surface area (Å²) in [5.74, 6) is 0. The van der Waals surface area contributed by atoms with Crippen molar-refractivity contribution in [3.8, 4) is 11.4 Å². The van der Waals surface area contributed by atoms with Gasteiger partial charge in [-0.2, -0.15) is 0 Å². The number of rotatable bonds is 10. The second kappa shape index (κ2) is 17.6. The molecule has 330 valence electrons. The Balaban J connectivity index is 1.27. The van der Waals surface area contributed by atoms with Gasteiger partial charge in [-0.25, -0.2) is 0 Å². The van der Waals surface area contributed by atoms with Crippen LogP contribution in [0.3, 0.4) is 0 Å². The molecule has 0 spiro atoms. The average Bonchev–Trinajstić information content (AvgIpc) is 3.97. The number of hydrogen-bond donors (Lipinski definition) is 0. The third-order valence-electron chi connectivity index (χ3n) is 14.8. The van der Waals surface area contributed by atoms with E-state index in [2.05, 4.69) is 300 Å². The molecule has 0 unspecified atom stereocenters. The van der Waals surface area contributed by atoms with Crippen LogP contribution in [0.5, 0.6) is 0 Å². The van der Waals surface area contributed by atoms with E-state index in [-0.39, 0.29) is 0 Å². The summed E-state index contributed by atoms with van der Waals surface area (Å²) in [6.45, 7) is 0. The van der Waals surface area contributed by atoms with Crippen LogP contribution in [0.15, 0.2) is 291 Å². The molecule has 0 fully saturated rings. The van der Waals surface area contributed by atoms with Crippen LogP contribution >= 0.6 is 0 Å². The molecular weight excluding hydrogens is 966 g/mol. The molecule has 0 atom stereocenters. The van der Waals surface area contributed by atoms with Gasteiger partial charge in [0.15, 0.2) is 0 Å². The number of nitrogens with zero attached hydrogens (tertiary/aromatic N) is 2. The van der Waals surface area contributed by atoms with E-state index in [1.54, 1.807) is 0 Å². The van der Waals surface area contributed by atoms with E-state index >= 15 is 0 Å². The van der Waals surface area contributed by atoms with E-state index in [1.807, 2.05) is 0 Å². The molecule has 2 nitrogen and oxygen atoms in total. The van der Waals surface area contributed by atoms with Crippen molar-refractivity contribution < 1.29 is 0 Å². The summed E-state index contributed by atoms with van der Waals surface area (Å²) in [4.78, 5) is 0. The Kier molecular flexibility index (Phi) is 10.6. The van der Waals surface area contributed by atoms with Crippen LogP contribution in [0.1, 0.15) is 0 Å². The number of para-hydroxylation sites is 3. The predicted molar refractivity (Wildman–Crippen MR) is 302 cm³/mol. The minimum atomic E-state index is -3.96. The molecule has 2 heterocycles. The van der Waals surface area contributed by atoms with Crippen LogP contribution in [0.4, 0.5) is 0 Å². The van der Waals surface area contributed by atoms with Crippen molar-refractivity contribution in [2.24, 2.45) is 0 Å². The Labute approximate surface area is 414 Å². The first-order valence-electron chi connectivity index (χ1n) is 24.3. The van der Waals surface area contributed by atoms with Gasteiger partial charge in [0.25, 0.3) is 0 Å². The van der Waals surface area contributed by atoms with Gasteiger partial charge in [0.1, 0.15) is 0 Å². The van der Waals surface area contributed by atoms with E-state index < -0.39 is 26.5 Å². The number of hydrogen-bond acceptors (Lipinski definition) is 0. The van der Waals surface area contributed by atoms with Crippen molar-refractivity contribution in [1.82, 2.24) is 9.13 Å². The summed E-state index contributed by atoms with van der Waals surface area (Å²) in [7, 11) is 0. The maximum atomic E-state index is 2.70. The molecule has 0 N–H and O–H groups in total. The van der Waals surface area contributed by atoms with Gasteiger partial charge in [-0.15, -0.1) is 0 Å². The fourth-order valence-electron chi connectivity index (χ4n) is 11.9. The van der Waals surface area contributed by atoms with Gasteiger partial charge in [0.2, 0.25) is 0 Å². The van der Waals surface area contributed by atoms with Crippen LogP contribution in [0, 0.1) is 0 Å². The van der Waals surface area contributed by atoms with Crippen LogP contribution in [0.2, 0.25) is 0 Å². The summed E-state index contributed by atoms with van der Waals surface area (Å²) < 4.78 is 16.3. The SMILES string of the molecule is c1ccc(-n2c3ccccc3c3c2ccc2c4ccccc4n(-c4c[c]([Ge]([c]5ccccc5)([c]5ccccc5)[c]5ccccc5)c[c]([Ge]([c]5ccccc5)([c]5ccccc5)[c]5ccccc5)c4)c23)cc1. The zero-order valence-corrected chi connectivity index (χ0v) is 42.8. The molecule has 13 aromatic rings. The Hall–Kier alpha value is -7.89. The molecule has 70 heavy (non-hydrogen) atoms. The van der Waals surface area contributed by atoms with Crippen molar-refractivity contribution in [3.05, 3.63) is 291 Å². The van der Waals surface area contributed by atoms with E-state index in [1.165, 1.54) is 84.5 Å². The molecule has 0 amide bonds. The Morgan fingerprint density at radius 3 is 0.971 bits per heavy atom. The second-order valence-electron chi connectivity index (χ2n) is 18.4. The van der Waals surface area contributed by atoms with E-state index in [0.29, 0.717) is 0 Å². The molecule has 2 aromatic heterocycles. The molecule has 0 saturated heterocycles. The molecule has 11 aromatic carbocycles. The molecule has 4 heteroatoms. The Morgan fingerprint density at radius 2 is 0.557 bits per heavy atom. The van der Waals surface area contributed by atoms with Gasteiger partial charge in [0, 0.05) is 0 Å². The summed E-state index contributed by atoms with van der Waals surface area (Å²) in [6, 6.07) is 111. The first-order chi connectivity index (χ1) is 34.8. The Morgan fingerprint density at radius 1 is 0.214 bits per heavy atom. The van der Waals surface area contributed by atoms with Crippen LogP contribution < -0.4 is 35.2 Å². The molecule has 0 aliphatic heterocycles. The summed E-state index contributed by atoms with van der Waals surface area (Å²) >= 11 is -7.91. The van der Waals surface area contributed by atoms with Gasteiger partial charge in [-0.3, -0.25) is 0 Å².